The van der Waals surface area contributed by atoms with Crippen LogP contribution in [0.2, 0.25) is 5.02 Å². The van der Waals surface area contributed by atoms with E-state index in [1.54, 1.807) is 66.7 Å². The van der Waals surface area contributed by atoms with Crippen molar-refractivity contribution in [2.24, 2.45) is 0 Å². The minimum atomic E-state index is -4.69. The molecule has 6 aromatic rings. The summed E-state index contributed by atoms with van der Waals surface area (Å²) < 4.78 is 75.1. The van der Waals surface area contributed by atoms with Crippen molar-refractivity contribution in [2.75, 3.05) is 0 Å². The van der Waals surface area contributed by atoms with Gasteiger partial charge in [0.15, 0.2) is 5.69 Å². The largest absolute Gasteiger partial charge is 0.457 e. The Hall–Kier alpha value is -4.87. The first-order chi connectivity index (χ1) is 21.0. The standard InChI is InChI=1S/C32H21ClF3N3O4S/c33-26-11-5-7-13-28(26)39-29(18-30(37-39)32(34,35)36)21-14-16-22(17-15-21)31(40)43-20-23-19-38(27-12-6-4-10-25(23)27)44(41,42)24-8-2-1-3-9-24/h1-19H,20H2. The summed E-state index contributed by atoms with van der Waals surface area (Å²) in [6.07, 6.45) is -3.26. The summed E-state index contributed by atoms with van der Waals surface area (Å²) >= 11 is 6.25. The first kappa shape index (κ1) is 29.2. The molecule has 0 aliphatic carbocycles. The Labute approximate surface area is 254 Å². The highest BCUT2D eigenvalue weighted by molar-refractivity contribution is 7.90. The average molecular weight is 636 g/mol. The van der Waals surface area contributed by atoms with Crippen LogP contribution in [0.3, 0.4) is 0 Å². The van der Waals surface area contributed by atoms with E-state index in [4.69, 9.17) is 16.3 Å². The normalized spacial score (nSPS) is 12.0. The molecule has 0 aliphatic heterocycles. The lowest BCUT2D eigenvalue weighted by atomic mass is 10.1. The van der Waals surface area contributed by atoms with E-state index in [2.05, 4.69) is 5.10 Å². The monoisotopic (exact) mass is 635 g/mol. The fraction of sp³-hybridized carbons (Fsp3) is 0.0625. The summed E-state index contributed by atoms with van der Waals surface area (Å²) in [5.41, 5.74) is 0.708. The predicted molar refractivity (Wildman–Crippen MR) is 159 cm³/mol. The van der Waals surface area contributed by atoms with E-state index >= 15 is 0 Å². The van der Waals surface area contributed by atoms with Crippen molar-refractivity contribution in [3.05, 3.63) is 137 Å². The minimum absolute atomic E-state index is 0.114. The van der Waals surface area contributed by atoms with Crippen molar-refractivity contribution in [1.82, 2.24) is 13.8 Å². The Kier molecular flexibility index (Phi) is 7.52. The molecule has 0 saturated carbocycles. The van der Waals surface area contributed by atoms with E-state index in [-0.39, 0.29) is 33.5 Å². The molecular weight excluding hydrogens is 615 g/mol. The van der Waals surface area contributed by atoms with Crippen LogP contribution in [0.5, 0.6) is 0 Å². The zero-order valence-electron chi connectivity index (χ0n) is 22.6. The Bertz CT molecular complexity index is 2110. The van der Waals surface area contributed by atoms with Gasteiger partial charge >= 0.3 is 12.1 Å². The van der Waals surface area contributed by atoms with E-state index in [1.165, 1.54) is 42.6 Å². The molecular formula is C32H21ClF3N3O4S. The SMILES string of the molecule is O=C(OCc1cn(S(=O)(=O)c2ccccc2)c2ccccc12)c1ccc(-c2cc(C(F)(F)F)nn2-c2ccccc2Cl)cc1. The molecule has 0 amide bonds. The molecule has 0 spiro atoms. The van der Waals surface area contributed by atoms with Crippen LogP contribution in [0, 0.1) is 0 Å². The molecule has 222 valence electrons. The van der Waals surface area contributed by atoms with Crippen LogP contribution >= 0.6 is 11.6 Å². The maximum absolute atomic E-state index is 13.6. The summed E-state index contributed by atoms with van der Waals surface area (Å²) in [5.74, 6) is -0.699. The fourth-order valence-electron chi connectivity index (χ4n) is 4.77. The number of hydrogen-bond acceptors (Lipinski definition) is 5. The molecule has 44 heavy (non-hydrogen) atoms. The van der Waals surface area contributed by atoms with Crippen LogP contribution < -0.4 is 0 Å². The molecule has 4 aromatic carbocycles. The second kappa shape index (κ2) is 11.3. The number of benzene rings is 4. The first-order valence-corrected chi connectivity index (χ1v) is 14.9. The van der Waals surface area contributed by atoms with Gasteiger partial charge in [-0.15, -0.1) is 0 Å². The van der Waals surface area contributed by atoms with Crippen molar-refractivity contribution in [3.63, 3.8) is 0 Å². The number of aromatic nitrogens is 3. The van der Waals surface area contributed by atoms with Crippen LogP contribution in [0.4, 0.5) is 13.2 Å². The lowest BCUT2D eigenvalue weighted by Crippen LogP contribution is -2.11. The topological polar surface area (TPSA) is 83.2 Å². The number of esters is 1. The van der Waals surface area contributed by atoms with Gasteiger partial charge in [-0.25, -0.2) is 21.9 Å². The van der Waals surface area contributed by atoms with Gasteiger partial charge in [0.25, 0.3) is 10.0 Å². The summed E-state index contributed by atoms with van der Waals surface area (Å²) in [7, 11) is -3.91. The molecule has 0 atom stereocenters. The quantitative estimate of drug-likeness (QED) is 0.167. The second-order valence-electron chi connectivity index (χ2n) is 9.71. The van der Waals surface area contributed by atoms with E-state index in [0.717, 1.165) is 14.7 Å². The van der Waals surface area contributed by atoms with Crippen LogP contribution in [0.1, 0.15) is 21.6 Å². The molecule has 0 unspecified atom stereocenters. The average Bonchev–Trinajstić information content (AvgIpc) is 3.64. The van der Waals surface area contributed by atoms with Gasteiger partial charge in [0.2, 0.25) is 0 Å². The third-order valence-electron chi connectivity index (χ3n) is 6.92. The molecule has 0 radical (unpaired) electrons. The number of para-hydroxylation sites is 2. The number of hydrogen-bond donors (Lipinski definition) is 0. The fourth-order valence-corrected chi connectivity index (χ4v) is 6.40. The highest BCUT2D eigenvalue weighted by Crippen LogP contribution is 2.35. The van der Waals surface area contributed by atoms with Crippen molar-refractivity contribution in [3.8, 4) is 16.9 Å². The summed E-state index contributed by atoms with van der Waals surface area (Å²) in [6.45, 7) is -0.216. The number of ether oxygens (including phenoxy) is 1. The maximum Gasteiger partial charge on any atom is 0.435 e. The molecule has 0 saturated heterocycles. The smallest absolute Gasteiger partial charge is 0.435 e. The molecule has 0 aliphatic rings. The van der Waals surface area contributed by atoms with E-state index in [0.29, 0.717) is 22.0 Å². The number of carbonyl (C=O) groups excluding carboxylic acids is 1. The lowest BCUT2D eigenvalue weighted by molar-refractivity contribution is -0.141. The maximum atomic E-state index is 13.6. The Morgan fingerprint density at radius 1 is 0.864 bits per heavy atom. The number of fused-ring (bicyclic) bond motifs is 1. The van der Waals surface area contributed by atoms with Crippen LogP contribution in [0.25, 0.3) is 27.8 Å². The molecule has 2 heterocycles. The predicted octanol–water partition coefficient (Wildman–Crippen LogP) is 7.76. The first-order valence-electron chi connectivity index (χ1n) is 13.1. The number of nitrogens with zero attached hydrogens (tertiary/aromatic N) is 3. The molecule has 6 rings (SSSR count). The van der Waals surface area contributed by atoms with E-state index in [9.17, 15) is 26.4 Å². The van der Waals surface area contributed by atoms with Crippen molar-refractivity contribution in [2.45, 2.75) is 17.7 Å². The van der Waals surface area contributed by atoms with Crippen molar-refractivity contribution >= 4 is 38.5 Å². The molecule has 7 nitrogen and oxygen atoms in total. The summed E-state index contributed by atoms with van der Waals surface area (Å²) in [6, 6.07) is 28.0. The van der Waals surface area contributed by atoms with Gasteiger partial charge in [0, 0.05) is 22.7 Å². The third-order valence-corrected chi connectivity index (χ3v) is 8.92. The third kappa shape index (κ3) is 5.47. The second-order valence-corrected chi connectivity index (χ2v) is 11.9. The van der Waals surface area contributed by atoms with Crippen molar-refractivity contribution < 1.29 is 31.1 Å². The summed E-state index contributed by atoms with van der Waals surface area (Å²) in [4.78, 5) is 13.1. The van der Waals surface area contributed by atoms with Gasteiger partial charge in [-0.2, -0.15) is 18.3 Å². The number of carbonyl (C=O) groups is 1. The number of alkyl halides is 3. The van der Waals surface area contributed by atoms with Gasteiger partial charge in [0.1, 0.15) is 6.61 Å². The minimum Gasteiger partial charge on any atom is -0.457 e. The van der Waals surface area contributed by atoms with Gasteiger partial charge in [-0.05, 0) is 48.5 Å². The van der Waals surface area contributed by atoms with Crippen LogP contribution in [-0.4, -0.2) is 28.1 Å². The number of rotatable bonds is 7. The van der Waals surface area contributed by atoms with Gasteiger partial charge in [-0.3, -0.25) is 0 Å². The highest BCUT2D eigenvalue weighted by atomic mass is 35.5. The summed E-state index contributed by atoms with van der Waals surface area (Å²) in [5, 5.41) is 4.56. The molecule has 0 bridgehead atoms. The van der Waals surface area contributed by atoms with E-state index < -0.39 is 27.9 Å². The number of halogens is 4. The Balaban J connectivity index is 1.26. The molecule has 0 fully saturated rings. The van der Waals surface area contributed by atoms with Gasteiger partial charge < -0.3 is 4.74 Å². The molecule has 0 N–H and O–H groups in total. The van der Waals surface area contributed by atoms with E-state index in [1.807, 2.05) is 0 Å². The van der Waals surface area contributed by atoms with Crippen LogP contribution in [0.15, 0.2) is 120 Å². The van der Waals surface area contributed by atoms with Gasteiger partial charge in [-0.1, -0.05) is 72.3 Å². The lowest BCUT2D eigenvalue weighted by Gasteiger charge is -2.10. The molecule has 2 aromatic heterocycles. The Morgan fingerprint density at radius 3 is 2.23 bits per heavy atom. The van der Waals surface area contributed by atoms with Crippen LogP contribution in [-0.2, 0) is 27.5 Å². The van der Waals surface area contributed by atoms with Crippen molar-refractivity contribution in [1.29, 1.82) is 0 Å². The zero-order valence-corrected chi connectivity index (χ0v) is 24.1. The zero-order chi connectivity index (χ0) is 31.1. The molecule has 12 heteroatoms. The highest BCUT2D eigenvalue weighted by Gasteiger charge is 2.35. The van der Waals surface area contributed by atoms with Gasteiger partial charge in [0.05, 0.1) is 32.4 Å². The Morgan fingerprint density at radius 2 is 1.52 bits per heavy atom.